The van der Waals surface area contributed by atoms with Crippen molar-refractivity contribution in [2.24, 2.45) is 5.73 Å². The maximum atomic E-state index is 10.3. The largest absolute Gasteiger partial charge is 0.366 e. The Morgan fingerprint density at radius 3 is 1.62 bits per heavy atom. The molecule has 46 valence electrons. The molecule has 2 heteroatoms. The molecular weight excluding hydrogens is 102 g/mol. The molecule has 0 saturated carbocycles. The quantitative estimate of drug-likeness (QED) is 0.503. The van der Waals surface area contributed by atoms with Gasteiger partial charge in [-0.2, -0.15) is 0 Å². The van der Waals surface area contributed by atoms with Crippen LogP contribution in [0.3, 0.4) is 0 Å². The van der Waals surface area contributed by atoms with Gasteiger partial charge in [0.15, 0.2) is 0 Å². The van der Waals surface area contributed by atoms with E-state index in [1.165, 1.54) is 0 Å². The van der Waals surface area contributed by atoms with Crippen LogP contribution in [0.4, 0.5) is 0 Å². The zero-order chi connectivity index (χ0) is 6.73. The van der Waals surface area contributed by atoms with E-state index in [1.807, 2.05) is 13.8 Å². The van der Waals surface area contributed by atoms with Crippen molar-refractivity contribution in [1.29, 1.82) is 0 Å². The lowest BCUT2D eigenvalue weighted by molar-refractivity contribution is -0.114. The van der Waals surface area contributed by atoms with Gasteiger partial charge in [-0.05, 0) is 20.8 Å². The fourth-order valence-corrected chi connectivity index (χ4v) is 0.246. The van der Waals surface area contributed by atoms with E-state index in [2.05, 4.69) is 0 Å². The zero-order valence-electron chi connectivity index (χ0n) is 5.49. The molecule has 0 spiro atoms. The van der Waals surface area contributed by atoms with Crippen LogP contribution in [0.15, 0.2) is 11.1 Å². The Balaban J connectivity index is 4.23. The number of primary amides is 1. The first-order chi connectivity index (χ1) is 3.55. The molecule has 0 unspecified atom stereocenters. The molecule has 1 amide bonds. The van der Waals surface area contributed by atoms with Crippen molar-refractivity contribution in [1.82, 2.24) is 0 Å². The Hall–Kier alpha value is -0.790. The fourth-order valence-electron chi connectivity index (χ4n) is 0.246. The standard InChI is InChI=1S/C6H11NO/c1-4(2)5(3)6(7)8/h1-3H3,(H2,7,8). The molecule has 0 rings (SSSR count). The molecule has 0 fully saturated rings. The molecule has 2 nitrogen and oxygen atoms in total. The van der Waals surface area contributed by atoms with Crippen molar-refractivity contribution in [3.63, 3.8) is 0 Å². The van der Waals surface area contributed by atoms with Crippen LogP contribution in [0.25, 0.3) is 0 Å². The van der Waals surface area contributed by atoms with Gasteiger partial charge in [-0.15, -0.1) is 0 Å². The van der Waals surface area contributed by atoms with Crippen molar-refractivity contribution in [3.8, 4) is 0 Å². The SMILES string of the molecule is CC(C)=C(C)C(N)=O. The molecule has 0 saturated heterocycles. The second-order valence-corrected chi connectivity index (χ2v) is 1.99. The van der Waals surface area contributed by atoms with E-state index in [4.69, 9.17) is 5.73 Å². The third-order valence-corrected chi connectivity index (χ3v) is 1.12. The number of nitrogens with two attached hydrogens (primary N) is 1. The summed E-state index contributed by atoms with van der Waals surface area (Å²) in [6.45, 7) is 5.44. The molecule has 0 aromatic carbocycles. The maximum absolute atomic E-state index is 10.3. The van der Waals surface area contributed by atoms with Gasteiger partial charge in [0.1, 0.15) is 0 Å². The number of hydrogen-bond acceptors (Lipinski definition) is 1. The summed E-state index contributed by atoms with van der Waals surface area (Å²) >= 11 is 0. The molecule has 0 radical (unpaired) electrons. The minimum absolute atomic E-state index is 0.329. The van der Waals surface area contributed by atoms with Crippen molar-refractivity contribution in [3.05, 3.63) is 11.1 Å². The smallest absolute Gasteiger partial charge is 0.244 e. The van der Waals surface area contributed by atoms with Crippen LogP contribution < -0.4 is 5.73 Å². The molecule has 0 bridgehead atoms. The summed E-state index contributed by atoms with van der Waals surface area (Å²) in [6.07, 6.45) is 0. The van der Waals surface area contributed by atoms with Crippen LogP contribution in [-0.4, -0.2) is 5.91 Å². The highest BCUT2D eigenvalue weighted by molar-refractivity contribution is 5.91. The monoisotopic (exact) mass is 113 g/mol. The second kappa shape index (κ2) is 2.50. The van der Waals surface area contributed by atoms with Crippen LogP contribution >= 0.6 is 0 Å². The first-order valence-corrected chi connectivity index (χ1v) is 2.49. The van der Waals surface area contributed by atoms with Gasteiger partial charge in [-0.3, -0.25) is 4.79 Å². The van der Waals surface area contributed by atoms with Crippen molar-refractivity contribution in [2.45, 2.75) is 20.8 Å². The molecule has 0 atom stereocenters. The Labute approximate surface area is 49.4 Å². The van der Waals surface area contributed by atoms with Gasteiger partial charge in [-0.1, -0.05) is 5.57 Å². The molecular formula is C6H11NO. The van der Waals surface area contributed by atoms with E-state index in [1.54, 1.807) is 6.92 Å². The van der Waals surface area contributed by atoms with E-state index in [9.17, 15) is 4.79 Å². The highest BCUT2D eigenvalue weighted by atomic mass is 16.1. The normalized spacial score (nSPS) is 8.38. The van der Waals surface area contributed by atoms with Crippen LogP contribution in [-0.2, 0) is 4.79 Å². The van der Waals surface area contributed by atoms with Crippen molar-refractivity contribution < 1.29 is 4.79 Å². The first kappa shape index (κ1) is 7.21. The highest BCUT2D eigenvalue weighted by Gasteiger charge is 1.96. The Bertz CT molecular complexity index is 131. The van der Waals surface area contributed by atoms with Gasteiger partial charge in [0.05, 0.1) is 0 Å². The number of rotatable bonds is 1. The first-order valence-electron chi connectivity index (χ1n) is 2.49. The minimum atomic E-state index is -0.329. The summed E-state index contributed by atoms with van der Waals surface area (Å²) in [7, 11) is 0. The summed E-state index contributed by atoms with van der Waals surface area (Å²) in [5, 5.41) is 0. The molecule has 0 aromatic heterocycles. The summed E-state index contributed by atoms with van der Waals surface area (Å²) in [5.41, 5.74) is 6.58. The predicted octanol–water partition coefficient (Wildman–Crippen LogP) is 0.828. The second-order valence-electron chi connectivity index (χ2n) is 1.99. The molecule has 8 heavy (non-hydrogen) atoms. The number of amides is 1. The molecule has 0 aromatic rings. The maximum Gasteiger partial charge on any atom is 0.244 e. The fraction of sp³-hybridized carbons (Fsp3) is 0.500. The summed E-state index contributed by atoms with van der Waals surface area (Å²) < 4.78 is 0. The summed E-state index contributed by atoms with van der Waals surface area (Å²) in [5.74, 6) is -0.329. The zero-order valence-corrected chi connectivity index (χ0v) is 5.49. The van der Waals surface area contributed by atoms with E-state index in [0.29, 0.717) is 5.57 Å². The van der Waals surface area contributed by atoms with Gasteiger partial charge in [-0.25, -0.2) is 0 Å². The van der Waals surface area contributed by atoms with Crippen LogP contribution in [0.5, 0.6) is 0 Å². The lowest BCUT2D eigenvalue weighted by Crippen LogP contribution is -2.12. The van der Waals surface area contributed by atoms with Gasteiger partial charge in [0, 0.05) is 5.57 Å². The lowest BCUT2D eigenvalue weighted by atomic mass is 10.2. The third kappa shape index (κ3) is 1.78. The van der Waals surface area contributed by atoms with Gasteiger partial charge < -0.3 is 5.73 Å². The van der Waals surface area contributed by atoms with Crippen LogP contribution in [0.2, 0.25) is 0 Å². The van der Waals surface area contributed by atoms with E-state index in [-0.39, 0.29) is 5.91 Å². The van der Waals surface area contributed by atoms with Crippen LogP contribution in [0.1, 0.15) is 20.8 Å². The van der Waals surface area contributed by atoms with E-state index < -0.39 is 0 Å². The van der Waals surface area contributed by atoms with Gasteiger partial charge >= 0.3 is 0 Å². The van der Waals surface area contributed by atoms with Crippen molar-refractivity contribution in [2.75, 3.05) is 0 Å². The summed E-state index contributed by atoms with van der Waals surface area (Å²) in [6, 6.07) is 0. The van der Waals surface area contributed by atoms with Crippen molar-refractivity contribution >= 4 is 5.91 Å². The highest BCUT2D eigenvalue weighted by Crippen LogP contribution is 1.98. The number of carbonyl (C=O) groups excluding carboxylic acids is 1. The molecule has 2 N–H and O–H groups in total. The topological polar surface area (TPSA) is 43.1 Å². The predicted molar refractivity (Wildman–Crippen MR) is 33.2 cm³/mol. The number of allylic oxidation sites excluding steroid dienone is 1. The average molecular weight is 113 g/mol. The van der Waals surface area contributed by atoms with Gasteiger partial charge in [0.2, 0.25) is 5.91 Å². The summed E-state index contributed by atoms with van der Waals surface area (Å²) in [4.78, 5) is 10.3. The Morgan fingerprint density at radius 2 is 1.62 bits per heavy atom. The minimum Gasteiger partial charge on any atom is -0.366 e. The molecule has 0 aliphatic carbocycles. The molecule has 0 heterocycles. The lowest BCUT2D eigenvalue weighted by Gasteiger charge is -1.93. The number of carbonyl (C=O) groups is 1. The Kier molecular flexibility index (Phi) is 2.25. The third-order valence-electron chi connectivity index (χ3n) is 1.12. The molecule has 0 aliphatic rings. The van der Waals surface area contributed by atoms with E-state index >= 15 is 0 Å². The van der Waals surface area contributed by atoms with E-state index in [0.717, 1.165) is 5.57 Å². The number of hydrogen-bond donors (Lipinski definition) is 1. The van der Waals surface area contributed by atoms with Gasteiger partial charge in [0.25, 0.3) is 0 Å². The Morgan fingerprint density at radius 1 is 1.25 bits per heavy atom. The average Bonchev–Trinajstić information content (AvgIpc) is 1.64. The van der Waals surface area contributed by atoms with Crippen LogP contribution in [0, 0.1) is 0 Å². The molecule has 0 aliphatic heterocycles.